The van der Waals surface area contributed by atoms with Crippen molar-refractivity contribution in [2.75, 3.05) is 33.5 Å². The molecule has 186 valence electrons. The maximum atomic E-state index is 13.0. The van der Waals surface area contributed by atoms with E-state index in [1.807, 2.05) is 0 Å². The number of rotatable bonds is 12. The molecule has 0 saturated heterocycles. The summed E-state index contributed by atoms with van der Waals surface area (Å²) in [6, 6.07) is 8.30. The number of carboxylic acid groups (broad SMARTS) is 2. The van der Waals surface area contributed by atoms with E-state index in [4.69, 9.17) is 38.7 Å². The monoisotopic (exact) mass is 490 g/mol. The summed E-state index contributed by atoms with van der Waals surface area (Å²) in [7, 11) is 1.38. The van der Waals surface area contributed by atoms with Crippen molar-refractivity contribution in [3.8, 4) is 34.3 Å². The quantitative estimate of drug-likeness (QED) is 0.284. The number of hydrogen-bond donors (Lipinski definition) is 4. The van der Waals surface area contributed by atoms with E-state index in [0.29, 0.717) is 5.56 Å². The van der Waals surface area contributed by atoms with Gasteiger partial charge in [-0.25, -0.2) is 9.59 Å². The molecule has 0 bridgehead atoms. The zero-order valence-electron chi connectivity index (χ0n) is 18.4. The van der Waals surface area contributed by atoms with Gasteiger partial charge in [-0.15, -0.1) is 0 Å². The number of aliphatic hydroxyl groups excluding tert-OH is 2. The van der Waals surface area contributed by atoms with Crippen LogP contribution in [0.15, 0.2) is 45.6 Å². The molecule has 1 heterocycles. The second-order valence-corrected chi connectivity index (χ2v) is 7.15. The highest BCUT2D eigenvalue weighted by atomic mass is 16.5. The van der Waals surface area contributed by atoms with Gasteiger partial charge in [0.15, 0.2) is 30.1 Å². The van der Waals surface area contributed by atoms with Crippen molar-refractivity contribution in [3.63, 3.8) is 0 Å². The Morgan fingerprint density at radius 2 is 1.63 bits per heavy atom. The second-order valence-electron chi connectivity index (χ2n) is 7.15. The Labute approximate surface area is 197 Å². The Hall–Kier alpha value is -4.29. The summed E-state index contributed by atoms with van der Waals surface area (Å²) in [5.74, 6) is -2.03. The zero-order valence-corrected chi connectivity index (χ0v) is 18.4. The third-order valence-electron chi connectivity index (χ3n) is 4.57. The first-order valence-corrected chi connectivity index (χ1v) is 10.1. The van der Waals surface area contributed by atoms with E-state index in [1.54, 1.807) is 6.07 Å². The lowest BCUT2D eigenvalue weighted by Gasteiger charge is -2.14. The molecule has 0 aliphatic carbocycles. The SMILES string of the molecule is COc1ccc(-c2cc(=O)c3c(OCC(=O)O)cc(OCC(O)CO)cc3o2)cc1OCC(=O)O. The van der Waals surface area contributed by atoms with Crippen molar-refractivity contribution in [3.05, 3.63) is 46.6 Å². The van der Waals surface area contributed by atoms with Crippen LogP contribution in [0.25, 0.3) is 22.3 Å². The fourth-order valence-corrected chi connectivity index (χ4v) is 3.03. The molecule has 3 rings (SSSR count). The van der Waals surface area contributed by atoms with Crippen LogP contribution in [-0.4, -0.2) is 72.0 Å². The number of carbonyl (C=O) groups is 2. The van der Waals surface area contributed by atoms with Crippen LogP contribution in [0.2, 0.25) is 0 Å². The van der Waals surface area contributed by atoms with E-state index < -0.39 is 43.3 Å². The molecule has 0 spiro atoms. The van der Waals surface area contributed by atoms with Crippen molar-refractivity contribution >= 4 is 22.9 Å². The van der Waals surface area contributed by atoms with Gasteiger partial charge in [-0.2, -0.15) is 0 Å². The summed E-state index contributed by atoms with van der Waals surface area (Å²) in [6.07, 6.45) is -1.17. The molecule has 4 N–H and O–H groups in total. The molecule has 0 amide bonds. The molecule has 0 saturated carbocycles. The molecule has 0 fully saturated rings. The highest BCUT2D eigenvalue weighted by Crippen LogP contribution is 2.35. The lowest BCUT2D eigenvalue weighted by molar-refractivity contribution is -0.140. The van der Waals surface area contributed by atoms with E-state index in [-0.39, 0.29) is 46.3 Å². The summed E-state index contributed by atoms with van der Waals surface area (Å²) in [6.45, 7) is -2.18. The minimum atomic E-state index is -1.27. The molecule has 35 heavy (non-hydrogen) atoms. The Kier molecular flexibility index (Phi) is 8.12. The van der Waals surface area contributed by atoms with Gasteiger partial charge in [-0.05, 0) is 18.2 Å². The van der Waals surface area contributed by atoms with E-state index in [1.165, 1.54) is 31.4 Å². The zero-order chi connectivity index (χ0) is 25.5. The minimum Gasteiger partial charge on any atom is -0.493 e. The lowest BCUT2D eigenvalue weighted by Crippen LogP contribution is -2.21. The summed E-state index contributed by atoms with van der Waals surface area (Å²) in [5, 5.41) is 36.3. The summed E-state index contributed by atoms with van der Waals surface area (Å²) in [5.41, 5.74) is -0.194. The average Bonchev–Trinajstić information content (AvgIpc) is 2.83. The van der Waals surface area contributed by atoms with Crippen LogP contribution in [0.4, 0.5) is 0 Å². The number of aliphatic hydroxyl groups is 2. The van der Waals surface area contributed by atoms with Gasteiger partial charge in [0.1, 0.15) is 40.9 Å². The number of ether oxygens (including phenoxy) is 4. The number of benzene rings is 2. The number of carboxylic acids is 2. The maximum absolute atomic E-state index is 13.0. The molecular formula is C23H22O12. The first-order valence-electron chi connectivity index (χ1n) is 10.1. The van der Waals surface area contributed by atoms with Crippen LogP contribution in [0.1, 0.15) is 0 Å². The molecule has 0 aliphatic heterocycles. The average molecular weight is 490 g/mol. The topological polar surface area (TPSA) is 182 Å². The molecule has 0 radical (unpaired) electrons. The van der Waals surface area contributed by atoms with E-state index in [9.17, 15) is 19.5 Å². The van der Waals surface area contributed by atoms with Crippen LogP contribution in [-0.2, 0) is 9.59 Å². The van der Waals surface area contributed by atoms with Gasteiger partial charge >= 0.3 is 11.9 Å². The van der Waals surface area contributed by atoms with Crippen molar-refractivity contribution in [1.82, 2.24) is 0 Å². The van der Waals surface area contributed by atoms with Crippen LogP contribution in [0.5, 0.6) is 23.0 Å². The number of aliphatic carboxylic acids is 2. The Balaban J connectivity index is 2.09. The van der Waals surface area contributed by atoms with Gasteiger partial charge in [-0.3, -0.25) is 4.79 Å². The smallest absolute Gasteiger partial charge is 0.341 e. The summed E-state index contributed by atoms with van der Waals surface area (Å²) >= 11 is 0. The van der Waals surface area contributed by atoms with Gasteiger partial charge in [0, 0.05) is 23.8 Å². The van der Waals surface area contributed by atoms with Crippen LogP contribution >= 0.6 is 0 Å². The Bertz CT molecular complexity index is 1280. The largest absolute Gasteiger partial charge is 0.493 e. The first kappa shape index (κ1) is 25.3. The predicted molar refractivity (Wildman–Crippen MR) is 119 cm³/mol. The van der Waals surface area contributed by atoms with Gasteiger partial charge < -0.3 is 43.8 Å². The molecule has 3 aromatic rings. The van der Waals surface area contributed by atoms with Crippen molar-refractivity contribution in [1.29, 1.82) is 0 Å². The third kappa shape index (κ3) is 6.40. The van der Waals surface area contributed by atoms with E-state index >= 15 is 0 Å². The predicted octanol–water partition coefficient (Wildman–Crippen LogP) is 1.13. The second kappa shape index (κ2) is 11.2. The maximum Gasteiger partial charge on any atom is 0.341 e. The van der Waals surface area contributed by atoms with E-state index in [2.05, 4.69) is 0 Å². The highest BCUT2D eigenvalue weighted by Gasteiger charge is 2.17. The van der Waals surface area contributed by atoms with Crippen molar-refractivity contribution in [2.45, 2.75) is 6.10 Å². The lowest BCUT2D eigenvalue weighted by atomic mass is 10.1. The van der Waals surface area contributed by atoms with Crippen LogP contribution < -0.4 is 24.4 Å². The number of hydrogen-bond acceptors (Lipinski definition) is 10. The van der Waals surface area contributed by atoms with Gasteiger partial charge in [0.2, 0.25) is 0 Å². The molecule has 2 aromatic carbocycles. The minimum absolute atomic E-state index is 0.00676. The molecular weight excluding hydrogens is 468 g/mol. The molecule has 1 atom stereocenters. The fraction of sp³-hybridized carbons (Fsp3) is 0.261. The van der Waals surface area contributed by atoms with Gasteiger partial charge in [-0.1, -0.05) is 0 Å². The highest BCUT2D eigenvalue weighted by molar-refractivity contribution is 5.87. The fourth-order valence-electron chi connectivity index (χ4n) is 3.03. The standard InChI is InChI=1S/C23H22O12/c1-31-16-3-2-12(4-18(16)33-10-21(27)28)17-7-15(26)23-19(34-11-22(29)30)5-14(6-20(23)35-17)32-9-13(25)8-24/h2-7,13,24-25H,8-11H2,1H3,(H,27,28)(H,29,30). The Morgan fingerprint density at radius 1 is 0.943 bits per heavy atom. The normalized spacial score (nSPS) is 11.6. The third-order valence-corrected chi connectivity index (χ3v) is 4.57. The van der Waals surface area contributed by atoms with Crippen molar-refractivity contribution in [2.24, 2.45) is 0 Å². The van der Waals surface area contributed by atoms with Crippen LogP contribution in [0.3, 0.4) is 0 Å². The first-order chi connectivity index (χ1) is 16.7. The Morgan fingerprint density at radius 3 is 2.26 bits per heavy atom. The van der Waals surface area contributed by atoms with E-state index in [0.717, 1.165) is 6.07 Å². The number of fused-ring (bicyclic) bond motifs is 1. The van der Waals surface area contributed by atoms with Crippen molar-refractivity contribution < 1.29 is 53.4 Å². The summed E-state index contributed by atoms with van der Waals surface area (Å²) < 4.78 is 26.9. The molecule has 12 heteroatoms. The molecule has 1 aromatic heterocycles. The van der Waals surface area contributed by atoms with Crippen LogP contribution in [0, 0.1) is 0 Å². The number of methoxy groups -OCH3 is 1. The summed E-state index contributed by atoms with van der Waals surface area (Å²) in [4.78, 5) is 34.8. The van der Waals surface area contributed by atoms with Gasteiger partial charge in [0.25, 0.3) is 0 Å². The molecule has 12 nitrogen and oxygen atoms in total. The molecule has 1 unspecified atom stereocenters. The van der Waals surface area contributed by atoms with Gasteiger partial charge in [0.05, 0.1) is 13.7 Å². The molecule has 0 aliphatic rings.